The van der Waals surface area contributed by atoms with Gasteiger partial charge in [-0.1, -0.05) is 35.4 Å². The first-order chi connectivity index (χ1) is 11.8. The van der Waals surface area contributed by atoms with Crippen LogP contribution in [0.1, 0.15) is 27.8 Å². The molecule has 0 saturated carbocycles. The molecule has 0 atom stereocenters. The van der Waals surface area contributed by atoms with E-state index >= 15 is 0 Å². The summed E-state index contributed by atoms with van der Waals surface area (Å²) in [5.41, 5.74) is 6.57. The van der Waals surface area contributed by atoms with Crippen molar-refractivity contribution in [2.45, 2.75) is 34.2 Å². The van der Waals surface area contributed by atoms with Crippen molar-refractivity contribution in [1.29, 1.82) is 0 Å². The lowest BCUT2D eigenvalue weighted by molar-refractivity contribution is -0.117. The molecule has 4 heteroatoms. The third kappa shape index (κ3) is 5.07. The van der Waals surface area contributed by atoms with Crippen molar-refractivity contribution in [3.8, 4) is 5.75 Å². The Morgan fingerprint density at radius 1 is 1.04 bits per heavy atom. The zero-order valence-electron chi connectivity index (χ0n) is 16.1. The van der Waals surface area contributed by atoms with E-state index in [0.717, 1.165) is 28.1 Å². The van der Waals surface area contributed by atoms with E-state index in [4.69, 9.17) is 4.74 Å². The molecular weight excluding hydrogens is 312 g/mol. The largest absolute Gasteiger partial charge is 0.496 e. The highest BCUT2D eigenvalue weighted by molar-refractivity contribution is 5.93. The Bertz CT molecular complexity index is 745. The summed E-state index contributed by atoms with van der Waals surface area (Å²) in [6, 6.07) is 10.3. The van der Waals surface area contributed by atoms with E-state index in [2.05, 4.69) is 37.4 Å². The van der Waals surface area contributed by atoms with E-state index in [1.54, 1.807) is 7.11 Å². The second-order valence-corrected chi connectivity index (χ2v) is 6.81. The number of nitrogens with zero attached hydrogens (tertiary/aromatic N) is 1. The van der Waals surface area contributed by atoms with E-state index < -0.39 is 0 Å². The van der Waals surface area contributed by atoms with Crippen molar-refractivity contribution < 1.29 is 9.53 Å². The van der Waals surface area contributed by atoms with Gasteiger partial charge < -0.3 is 10.1 Å². The number of rotatable bonds is 6. The Labute approximate surface area is 150 Å². The van der Waals surface area contributed by atoms with Crippen molar-refractivity contribution in [3.05, 3.63) is 58.1 Å². The number of benzene rings is 2. The summed E-state index contributed by atoms with van der Waals surface area (Å²) in [5.74, 6) is 0.840. The molecule has 0 heterocycles. The van der Waals surface area contributed by atoms with Gasteiger partial charge in [0.2, 0.25) is 5.91 Å². The maximum Gasteiger partial charge on any atom is 0.238 e. The number of aryl methyl sites for hydroxylation is 4. The number of likely N-dealkylation sites (N-methyl/N-ethyl adjacent to an activating group) is 1. The number of methoxy groups -OCH3 is 1. The molecular formula is C21H28N2O2. The van der Waals surface area contributed by atoms with Gasteiger partial charge in [0.05, 0.1) is 13.7 Å². The lowest BCUT2D eigenvalue weighted by atomic mass is 10.1. The number of amides is 1. The predicted octanol–water partition coefficient (Wildman–Crippen LogP) is 4.00. The molecule has 0 spiro atoms. The van der Waals surface area contributed by atoms with Crippen LogP contribution in [0.4, 0.5) is 5.69 Å². The molecule has 0 aromatic heterocycles. The van der Waals surface area contributed by atoms with Crippen molar-refractivity contribution in [2.24, 2.45) is 0 Å². The fraction of sp³-hybridized carbons (Fsp3) is 0.381. The van der Waals surface area contributed by atoms with Gasteiger partial charge in [-0.05, 0) is 51.9 Å². The number of nitrogens with one attached hydrogen (secondary N) is 1. The van der Waals surface area contributed by atoms with Crippen molar-refractivity contribution >= 4 is 11.6 Å². The summed E-state index contributed by atoms with van der Waals surface area (Å²) in [6.45, 7) is 9.15. The van der Waals surface area contributed by atoms with Crippen molar-refractivity contribution in [2.75, 3.05) is 26.0 Å². The molecule has 0 unspecified atom stereocenters. The molecule has 0 radical (unpaired) electrons. The molecule has 0 bridgehead atoms. The third-order valence-electron chi connectivity index (χ3n) is 4.23. The maximum atomic E-state index is 12.4. The number of hydrogen-bond acceptors (Lipinski definition) is 3. The normalized spacial score (nSPS) is 10.8. The fourth-order valence-electron chi connectivity index (χ4n) is 3.18. The van der Waals surface area contributed by atoms with Crippen LogP contribution in [0.2, 0.25) is 0 Å². The number of ether oxygens (including phenoxy) is 1. The number of carbonyl (C=O) groups excluding carboxylic acids is 1. The molecule has 2 aromatic rings. The lowest BCUT2D eigenvalue weighted by Crippen LogP contribution is -2.30. The highest BCUT2D eigenvalue weighted by atomic mass is 16.5. The van der Waals surface area contributed by atoms with Gasteiger partial charge in [0.1, 0.15) is 5.75 Å². The Morgan fingerprint density at radius 3 is 2.28 bits per heavy atom. The van der Waals surface area contributed by atoms with E-state index in [-0.39, 0.29) is 5.91 Å². The average Bonchev–Trinajstić information content (AvgIpc) is 2.51. The van der Waals surface area contributed by atoms with Gasteiger partial charge in [-0.25, -0.2) is 0 Å². The summed E-state index contributed by atoms with van der Waals surface area (Å²) in [7, 11) is 3.61. The Morgan fingerprint density at radius 2 is 1.68 bits per heavy atom. The zero-order chi connectivity index (χ0) is 18.6. The van der Waals surface area contributed by atoms with Crippen LogP contribution in [-0.4, -0.2) is 31.5 Å². The molecule has 0 aliphatic heterocycles. The van der Waals surface area contributed by atoms with Gasteiger partial charge in [0.15, 0.2) is 0 Å². The molecule has 1 N–H and O–H groups in total. The standard InChI is InChI=1S/C21H28N2O2/c1-14-7-8-19(25-6)18(11-14)12-23(5)13-20(24)22-21-16(3)9-15(2)10-17(21)4/h7-11H,12-13H2,1-6H3,(H,22,24). The topological polar surface area (TPSA) is 41.6 Å². The zero-order valence-corrected chi connectivity index (χ0v) is 16.1. The maximum absolute atomic E-state index is 12.4. The molecule has 0 aliphatic rings. The number of hydrogen-bond donors (Lipinski definition) is 1. The van der Waals surface area contributed by atoms with Gasteiger partial charge in [-0.2, -0.15) is 0 Å². The first kappa shape index (κ1) is 19.0. The van der Waals surface area contributed by atoms with E-state index in [1.807, 2.05) is 37.9 Å². The minimum Gasteiger partial charge on any atom is -0.496 e. The second-order valence-electron chi connectivity index (χ2n) is 6.81. The monoisotopic (exact) mass is 340 g/mol. The van der Waals surface area contributed by atoms with Crippen LogP contribution in [0.3, 0.4) is 0 Å². The van der Waals surface area contributed by atoms with Crippen LogP contribution in [0.15, 0.2) is 30.3 Å². The van der Waals surface area contributed by atoms with Crippen molar-refractivity contribution in [1.82, 2.24) is 4.90 Å². The summed E-state index contributed by atoms with van der Waals surface area (Å²) in [6.07, 6.45) is 0. The van der Waals surface area contributed by atoms with Crippen molar-refractivity contribution in [3.63, 3.8) is 0 Å². The van der Waals surface area contributed by atoms with E-state index in [9.17, 15) is 4.79 Å². The highest BCUT2D eigenvalue weighted by Gasteiger charge is 2.13. The Balaban J connectivity index is 2.03. The van der Waals surface area contributed by atoms with Gasteiger partial charge in [0.25, 0.3) is 0 Å². The van der Waals surface area contributed by atoms with Gasteiger partial charge >= 0.3 is 0 Å². The Kier molecular flexibility index (Phi) is 6.21. The minimum absolute atomic E-state index is 0.0100. The van der Waals surface area contributed by atoms with Crippen LogP contribution in [0, 0.1) is 27.7 Å². The number of carbonyl (C=O) groups is 1. The van der Waals surface area contributed by atoms with Gasteiger partial charge in [-0.3, -0.25) is 9.69 Å². The molecule has 1 amide bonds. The predicted molar refractivity (Wildman–Crippen MR) is 103 cm³/mol. The molecule has 134 valence electrons. The third-order valence-corrected chi connectivity index (χ3v) is 4.23. The molecule has 2 rings (SSSR count). The average molecular weight is 340 g/mol. The minimum atomic E-state index is -0.0100. The lowest BCUT2D eigenvalue weighted by Gasteiger charge is -2.19. The van der Waals surface area contributed by atoms with Crippen LogP contribution < -0.4 is 10.1 Å². The smallest absolute Gasteiger partial charge is 0.238 e. The van der Waals surface area contributed by atoms with Gasteiger partial charge in [0, 0.05) is 17.8 Å². The number of anilines is 1. The first-order valence-electron chi connectivity index (χ1n) is 8.50. The summed E-state index contributed by atoms with van der Waals surface area (Å²) >= 11 is 0. The van der Waals surface area contributed by atoms with Crippen LogP contribution in [-0.2, 0) is 11.3 Å². The highest BCUT2D eigenvalue weighted by Crippen LogP contribution is 2.23. The van der Waals surface area contributed by atoms with E-state index in [0.29, 0.717) is 13.1 Å². The van der Waals surface area contributed by atoms with Crippen LogP contribution in [0.25, 0.3) is 0 Å². The molecule has 0 aliphatic carbocycles. The molecule has 0 saturated heterocycles. The van der Waals surface area contributed by atoms with Crippen LogP contribution in [0.5, 0.6) is 5.75 Å². The SMILES string of the molecule is COc1ccc(C)cc1CN(C)CC(=O)Nc1c(C)cc(C)cc1C. The summed E-state index contributed by atoms with van der Waals surface area (Å²) < 4.78 is 5.42. The summed E-state index contributed by atoms with van der Waals surface area (Å²) in [5, 5.41) is 3.05. The molecule has 2 aromatic carbocycles. The summed E-state index contributed by atoms with van der Waals surface area (Å²) in [4.78, 5) is 14.4. The van der Waals surface area contributed by atoms with Crippen LogP contribution >= 0.6 is 0 Å². The molecule has 25 heavy (non-hydrogen) atoms. The fourth-order valence-corrected chi connectivity index (χ4v) is 3.18. The Hall–Kier alpha value is -2.33. The van der Waals surface area contributed by atoms with Gasteiger partial charge in [-0.15, -0.1) is 0 Å². The first-order valence-corrected chi connectivity index (χ1v) is 8.50. The molecule has 4 nitrogen and oxygen atoms in total. The molecule has 0 fully saturated rings. The quantitative estimate of drug-likeness (QED) is 0.864. The van der Waals surface area contributed by atoms with E-state index in [1.165, 1.54) is 11.1 Å². The second kappa shape index (κ2) is 8.17.